The summed E-state index contributed by atoms with van der Waals surface area (Å²) in [5.41, 5.74) is 4.82. The maximum atomic E-state index is 12.5. The number of carbonyl (C=O) groups is 2. The van der Waals surface area contributed by atoms with Gasteiger partial charge in [-0.05, 0) is 47.9 Å². The Morgan fingerprint density at radius 1 is 0.862 bits per heavy atom. The predicted octanol–water partition coefficient (Wildman–Crippen LogP) is 6.36. The molecule has 4 rings (SSSR count). The van der Waals surface area contributed by atoms with Crippen LogP contribution in [0.2, 0.25) is 10.0 Å². The molecule has 1 heterocycles. The second kappa shape index (κ2) is 7.86. The van der Waals surface area contributed by atoms with Crippen LogP contribution in [0, 0.1) is 0 Å². The number of hydrogen-bond acceptors (Lipinski definition) is 2. The molecule has 0 atom stereocenters. The summed E-state index contributed by atoms with van der Waals surface area (Å²) in [7, 11) is 0. The van der Waals surface area contributed by atoms with Gasteiger partial charge >= 0.3 is 0 Å². The Morgan fingerprint density at radius 3 is 2.07 bits per heavy atom. The SMILES string of the molecule is C/C(=C/CN1C(=O)c2ccccc2C1=O)c1ccc(-c2ccc(Cl)cc2Cl)cc1. The van der Waals surface area contributed by atoms with Crippen LogP contribution < -0.4 is 0 Å². The Morgan fingerprint density at radius 2 is 1.48 bits per heavy atom. The van der Waals surface area contributed by atoms with Crippen LogP contribution in [0.25, 0.3) is 16.7 Å². The van der Waals surface area contributed by atoms with Crippen molar-refractivity contribution in [1.29, 1.82) is 0 Å². The fourth-order valence-corrected chi connectivity index (χ4v) is 3.90. The molecule has 5 heteroatoms. The minimum atomic E-state index is -0.248. The van der Waals surface area contributed by atoms with Crippen molar-refractivity contribution in [1.82, 2.24) is 4.90 Å². The highest BCUT2D eigenvalue weighted by Gasteiger charge is 2.34. The molecular weight excluding hydrogens is 405 g/mol. The van der Waals surface area contributed by atoms with Crippen LogP contribution in [0.1, 0.15) is 33.2 Å². The van der Waals surface area contributed by atoms with Crippen molar-refractivity contribution in [3.05, 3.63) is 99.5 Å². The zero-order valence-electron chi connectivity index (χ0n) is 15.7. The Kier molecular flexibility index (Phi) is 5.27. The summed E-state index contributed by atoms with van der Waals surface area (Å²) < 4.78 is 0. The molecule has 144 valence electrons. The van der Waals surface area contributed by atoms with E-state index in [0.717, 1.165) is 22.3 Å². The minimum Gasteiger partial charge on any atom is -0.270 e. The first-order valence-electron chi connectivity index (χ1n) is 9.13. The average Bonchev–Trinajstić information content (AvgIpc) is 2.97. The number of rotatable bonds is 4. The Hall–Kier alpha value is -2.88. The summed E-state index contributed by atoms with van der Waals surface area (Å²) in [4.78, 5) is 26.2. The number of allylic oxidation sites excluding steroid dienone is 1. The molecule has 0 N–H and O–H groups in total. The number of nitrogens with zero attached hydrogens (tertiary/aromatic N) is 1. The average molecular weight is 422 g/mol. The third kappa shape index (κ3) is 3.71. The van der Waals surface area contributed by atoms with Crippen LogP contribution in [0.3, 0.4) is 0 Å². The molecule has 0 saturated heterocycles. The van der Waals surface area contributed by atoms with Crippen molar-refractivity contribution in [3.63, 3.8) is 0 Å². The smallest absolute Gasteiger partial charge is 0.261 e. The highest BCUT2D eigenvalue weighted by molar-refractivity contribution is 6.36. The van der Waals surface area contributed by atoms with E-state index in [1.165, 1.54) is 4.90 Å². The van der Waals surface area contributed by atoms with Gasteiger partial charge in [0.2, 0.25) is 0 Å². The molecule has 2 amide bonds. The van der Waals surface area contributed by atoms with Crippen LogP contribution in [0.15, 0.2) is 72.8 Å². The fourth-order valence-electron chi connectivity index (χ4n) is 3.39. The van der Waals surface area contributed by atoms with Crippen molar-refractivity contribution in [2.45, 2.75) is 6.92 Å². The van der Waals surface area contributed by atoms with Gasteiger partial charge < -0.3 is 0 Å². The maximum Gasteiger partial charge on any atom is 0.261 e. The lowest BCUT2D eigenvalue weighted by Gasteiger charge is -2.12. The molecule has 0 aliphatic carbocycles. The van der Waals surface area contributed by atoms with Gasteiger partial charge in [0.15, 0.2) is 0 Å². The first-order valence-corrected chi connectivity index (χ1v) is 9.89. The summed E-state index contributed by atoms with van der Waals surface area (Å²) in [6, 6.07) is 20.3. The van der Waals surface area contributed by atoms with Gasteiger partial charge in [0.1, 0.15) is 0 Å². The molecule has 0 saturated carbocycles. The molecule has 0 aromatic heterocycles. The fraction of sp³-hybridized carbons (Fsp3) is 0.0833. The van der Waals surface area contributed by atoms with Crippen LogP contribution in [0.4, 0.5) is 0 Å². The van der Waals surface area contributed by atoms with Gasteiger partial charge in [0.05, 0.1) is 11.1 Å². The van der Waals surface area contributed by atoms with E-state index in [-0.39, 0.29) is 18.4 Å². The van der Waals surface area contributed by atoms with Crippen LogP contribution in [-0.4, -0.2) is 23.3 Å². The van der Waals surface area contributed by atoms with Gasteiger partial charge in [0.25, 0.3) is 11.8 Å². The number of halogens is 2. The van der Waals surface area contributed by atoms with E-state index >= 15 is 0 Å². The van der Waals surface area contributed by atoms with Gasteiger partial charge in [0, 0.05) is 22.2 Å². The molecule has 0 fully saturated rings. The molecular formula is C24H17Cl2NO2. The zero-order valence-corrected chi connectivity index (χ0v) is 17.2. The minimum absolute atomic E-state index is 0.239. The second-order valence-corrected chi connectivity index (χ2v) is 7.70. The number of amides is 2. The Bertz CT molecular complexity index is 1110. The zero-order chi connectivity index (χ0) is 20.5. The molecule has 0 unspecified atom stereocenters. The van der Waals surface area contributed by atoms with Crippen molar-refractivity contribution in [3.8, 4) is 11.1 Å². The summed E-state index contributed by atoms with van der Waals surface area (Å²) in [5.74, 6) is -0.496. The second-order valence-electron chi connectivity index (χ2n) is 6.86. The molecule has 1 aliphatic rings. The number of fused-ring (bicyclic) bond motifs is 1. The molecule has 0 radical (unpaired) electrons. The van der Waals surface area contributed by atoms with E-state index in [1.807, 2.05) is 49.4 Å². The van der Waals surface area contributed by atoms with Gasteiger partial charge in [-0.3, -0.25) is 14.5 Å². The normalized spacial score (nSPS) is 13.8. The lowest BCUT2D eigenvalue weighted by molar-refractivity contribution is 0.0672. The van der Waals surface area contributed by atoms with E-state index in [1.54, 1.807) is 30.3 Å². The molecule has 0 bridgehead atoms. The summed E-state index contributed by atoms with van der Waals surface area (Å²) in [6.07, 6.45) is 1.89. The third-order valence-electron chi connectivity index (χ3n) is 5.04. The number of carbonyl (C=O) groups excluding carboxylic acids is 2. The van der Waals surface area contributed by atoms with E-state index in [0.29, 0.717) is 21.2 Å². The molecule has 3 aromatic rings. The first kappa shape index (κ1) is 19.4. The quantitative estimate of drug-likeness (QED) is 0.459. The summed E-state index contributed by atoms with van der Waals surface area (Å²) in [6.45, 7) is 2.20. The van der Waals surface area contributed by atoms with E-state index in [2.05, 4.69) is 0 Å². The molecule has 29 heavy (non-hydrogen) atoms. The maximum absolute atomic E-state index is 12.5. The highest BCUT2D eigenvalue weighted by Crippen LogP contribution is 2.31. The lowest BCUT2D eigenvalue weighted by atomic mass is 10.0. The van der Waals surface area contributed by atoms with Crippen molar-refractivity contribution in [2.24, 2.45) is 0 Å². The first-order chi connectivity index (χ1) is 14.0. The molecule has 3 nitrogen and oxygen atoms in total. The molecule has 0 spiro atoms. The van der Waals surface area contributed by atoms with Crippen molar-refractivity contribution in [2.75, 3.05) is 6.54 Å². The van der Waals surface area contributed by atoms with Gasteiger partial charge in [-0.2, -0.15) is 0 Å². The van der Waals surface area contributed by atoms with Gasteiger partial charge in [-0.1, -0.05) is 71.7 Å². The number of benzene rings is 3. The van der Waals surface area contributed by atoms with Gasteiger partial charge in [-0.25, -0.2) is 0 Å². The van der Waals surface area contributed by atoms with Crippen LogP contribution in [-0.2, 0) is 0 Å². The molecule has 3 aromatic carbocycles. The monoisotopic (exact) mass is 421 g/mol. The van der Waals surface area contributed by atoms with E-state index < -0.39 is 0 Å². The Balaban J connectivity index is 1.51. The standard InChI is InChI=1S/C24H17Cl2NO2/c1-15(12-13-27-23(28)20-4-2-3-5-21(20)24(27)29)16-6-8-17(9-7-16)19-11-10-18(25)14-22(19)26/h2-12,14H,13H2,1H3/b15-12-. The summed E-state index contributed by atoms with van der Waals surface area (Å²) in [5, 5.41) is 1.20. The predicted molar refractivity (Wildman–Crippen MR) is 117 cm³/mol. The highest BCUT2D eigenvalue weighted by atomic mass is 35.5. The topological polar surface area (TPSA) is 37.4 Å². The van der Waals surface area contributed by atoms with E-state index in [9.17, 15) is 9.59 Å². The molecule has 1 aliphatic heterocycles. The third-order valence-corrected chi connectivity index (χ3v) is 5.59. The van der Waals surface area contributed by atoms with Crippen LogP contribution >= 0.6 is 23.2 Å². The van der Waals surface area contributed by atoms with Crippen molar-refractivity contribution < 1.29 is 9.59 Å². The lowest BCUT2D eigenvalue weighted by Crippen LogP contribution is -2.29. The van der Waals surface area contributed by atoms with Crippen LogP contribution in [0.5, 0.6) is 0 Å². The number of imide groups is 1. The summed E-state index contributed by atoms with van der Waals surface area (Å²) >= 11 is 12.3. The van der Waals surface area contributed by atoms with Gasteiger partial charge in [-0.15, -0.1) is 0 Å². The largest absolute Gasteiger partial charge is 0.270 e. The van der Waals surface area contributed by atoms with Crippen molar-refractivity contribution >= 4 is 40.6 Å². The Labute approximate surface area is 179 Å². The number of hydrogen-bond donors (Lipinski definition) is 0. The van der Waals surface area contributed by atoms with E-state index in [4.69, 9.17) is 23.2 Å².